The molecule has 188 valence electrons. The fourth-order valence-electron chi connectivity index (χ4n) is 9.36. The van der Waals surface area contributed by atoms with Crippen LogP contribution in [-0.2, 0) is 4.79 Å². The molecule has 4 aliphatic carbocycles. The first-order valence-electron chi connectivity index (χ1n) is 13.8. The van der Waals surface area contributed by atoms with Crippen LogP contribution in [0.25, 0.3) is 0 Å². The van der Waals surface area contributed by atoms with E-state index < -0.39 is 0 Å². The van der Waals surface area contributed by atoms with Gasteiger partial charge in [0.15, 0.2) is 0 Å². The summed E-state index contributed by atoms with van der Waals surface area (Å²) in [6.45, 7) is 7.15. The SMILES string of the molecule is CC(CCC(=O)Nc1ccccn1)C1CCC2C3CCC4CC(O)CCC4(C)C3CC(O)C12C. The lowest BCUT2D eigenvalue weighted by Crippen LogP contribution is -2.58. The van der Waals surface area contributed by atoms with E-state index in [9.17, 15) is 15.0 Å². The highest BCUT2D eigenvalue weighted by Crippen LogP contribution is 2.68. The second kappa shape index (κ2) is 9.20. The van der Waals surface area contributed by atoms with Gasteiger partial charge in [-0.25, -0.2) is 4.98 Å². The largest absolute Gasteiger partial charge is 0.393 e. The first-order valence-corrected chi connectivity index (χ1v) is 13.8. The van der Waals surface area contributed by atoms with Crippen LogP contribution in [0.5, 0.6) is 0 Å². The molecule has 0 saturated heterocycles. The average Bonchev–Trinajstić information content (AvgIpc) is 3.18. The van der Waals surface area contributed by atoms with Gasteiger partial charge in [0.05, 0.1) is 12.2 Å². The van der Waals surface area contributed by atoms with Crippen molar-refractivity contribution in [2.24, 2.45) is 46.3 Å². The number of fused-ring (bicyclic) bond motifs is 5. The van der Waals surface area contributed by atoms with E-state index in [2.05, 4.69) is 31.1 Å². The van der Waals surface area contributed by atoms with Crippen molar-refractivity contribution in [2.45, 2.75) is 97.2 Å². The summed E-state index contributed by atoms with van der Waals surface area (Å²) in [4.78, 5) is 16.7. The van der Waals surface area contributed by atoms with Gasteiger partial charge in [0.2, 0.25) is 5.91 Å². The number of amides is 1. The number of anilines is 1. The molecule has 1 heterocycles. The molecular formula is C29H44N2O3. The smallest absolute Gasteiger partial charge is 0.225 e. The van der Waals surface area contributed by atoms with Crippen molar-refractivity contribution in [1.82, 2.24) is 4.98 Å². The predicted octanol–water partition coefficient (Wildman–Crippen LogP) is 5.43. The van der Waals surface area contributed by atoms with E-state index in [1.165, 1.54) is 25.7 Å². The van der Waals surface area contributed by atoms with E-state index in [1.807, 2.05) is 18.2 Å². The van der Waals surface area contributed by atoms with Gasteiger partial charge in [-0.3, -0.25) is 4.79 Å². The van der Waals surface area contributed by atoms with Crippen molar-refractivity contribution >= 4 is 11.7 Å². The monoisotopic (exact) mass is 468 g/mol. The minimum absolute atomic E-state index is 0.0280. The molecule has 0 radical (unpaired) electrons. The van der Waals surface area contributed by atoms with Crippen molar-refractivity contribution < 1.29 is 15.0 Å². The highest BCUT2D eigenvalue weighted by molar-refractivity contribution is 5.89. The van der Waals surface area contributed by atoms with Crippen molar-refractivity contribution in [3.63, 3.8) is 0 Å². The second-order valence-electron chi connectivity index (χ2n) is 12.7. The molecule has 3 N–H and O–H groups in total. The Morgan fingerprint density at radius 3 is 2.71 bits per heavy atom. The molecule has 4 fully saturated rings. The van der Waals surface area contributed by atoms with Crippen LogP contribution in [0.4, 0.5) is 5.82 Å². The first-order chi connectivity index (χ1) is 16.2. The van der Waals surface area contributed by atoms with Gasteiger partial charge < -0.3 is 15.5 Å². The number of pyridine rings is 1. The summed E-state index contributed by atoms with van der Waals surface area (Å²) in [6.07, 6.45) is 11.5. The highest BCUT2D eigenvalue weighted by atomic mass is 16.3. The zero-order valence-electron chi connectivity index (χ0n) is 21.2. The molecule has 0 bridgehead atoms. The van der Waals surface area contributed by atoms with Crippen LogP contribution in [0.3, 0.4) is 0 Å². The molecular weight excluding hydrogens is 424 g/mol. The highest BCUT2D eigenvalue weighted by Gasteiger charge is 2.63. The maximum Gasteiger partial charge on any atom is 0.225 e. The third-order valence-electron chi connectivity index (χ3n) is 11.3. The number of nitrogens with zero attached hydrogens (tertiary/aromatic N) is 1. The normalized spacial score (nSPS) is 44.4. The average molecular weight is 469 g/mol. The number of hydrogen-bond donors (Lipinski definition) is 3. The summed E-state index contributed by atoms with van der Waals surface area (Å²) >= 11 is 0. The predicted molar refractivity (Wildman–Crippen MR) is 134 cm³/mol. The van der Waals surface area contributed by atoms with Gasteiger partial charge >= 0.3 is 0 Å². The molecule has 5 rings (SSSR count). The minimum atomic E-state index is -0.265. The summed E-state index contributed by atoms with van der Waals surface area (Å²) < 4.78 is 0. The van der Waals surface area contributed by atoms with E-state index in [0.717, 1.165) is 32.1 Å². The molecule has 34 heavy (non-hydrogen) atoms. The van der Waals surface area contributed by atoms with Crippen LogP contribution < -0.4 is 5.32 Å². The number of aliphatic hydroxyl groups is 2. The van der Waals surface area contributed by atoms with E-state index in [-0.39, 0.29) is 28.9 Å². The van der Waals surface area contributed by atoms with E-state index in [4.69, 9.17) is 0 Å². The molecule has 5 heteroatoms. The number of carbonyl (C=O) groups is 1. The Balaban J connectivity index is 1.26. The van der Waals surface area contributed by atoms with Crippen LogP contribution in [0.1, 0.15) is 85.0 Å². The molecule has 0 spiro atoms. The first kappa shape index (κ1) is 24.2. The molecule has 0 aromatic carbocycles. The van der Waals surface area contributed by atoms with Gasteiger partial charge in [0.1, 0.15) is 5.82 Å². The number of nitrogens with one attached hydrogen (secondary N) is 1. The van der Waals surface area contributed by atoms with E-state index >= 15 is 0 Å². The van der Waals surface area contributed by atoms with Gasteiger partial charge in [-0.2, -0.15) is 0 Å². The minimum Gasteiger partial charge on any atom is -0.393 e. The maximum absolute atomic E-state index is 12.5. The fraction of sp³-hybridized carbons (Fsp3) is 0.793. The molecule has 4 aliphatic rings. The third-order valence-corrected chi connectivity index (χ3v) is 11.3. The van der Waals surface area contributed by atoms with Gasteiger partial charge in [-0.15, -0.1) is 0 Å². The molecule has 10 unspecified atom stereocenters. The van der Waals surface area contributed by atoms with E-state index in [1.54, 1.807) is 6.20 Å². The number of hydrogen-bond acceptors (Lipinski definition) is 4. The number of aliphatic hydroxyl groups excluding tert-OH is 2. The Hall–Kier alpha value is -1.46. The van der Waals surface area contributed by atoms with Crippen LogP contribution in [0.2, 0.25) is 0 Å². The topological polar surface area (TPSA) is 82.5 Å². The maximum atomic E-state index is 12.5. The summed E-state index contributed by atoms with van der Waals surface area (Å²) in [5.41, 5.74) is 0.229. The molecule has 10 atom stereocenters. The van der Waals surface area contributed by atoms with Crippen molar-refractivity contribution in [1.29, 1.82) is 0 Å². The lowest BCUT2D eigenvalue weighted by Gasteiger charge is -2.62. The fourth-order valence-corrected chi connectivity index (χ4v) is 9.36. The zero-order valence-corrected chi connectivity index (χ0v) is 21.2. The molecule has 0 aliphatic heterocycles. The van der Waals surface area contributed by atoms with Gasteiger partial charge in [0.25, 0.3) is 0 Å². The third kappa shape index (κ3) is 4.01. The number of aromatic nitrogens is 1. The van der Waals surface area contributed by atoms with Crippen molar-refractivity contribution in [3.8, 4) is 0 Å². The molecule has 1 aromatic rings. The standard InChI is InChI=1S/C29H44N2O3/c1-18(7-12-27(34)31-26-6-4-5-15-30-26)22-10-11-23-21-9-8-19-16-20(32)13-14-28(19,2)24(21)17-25(33)29(22,23)3/h4-6,15,18-25,32-33H,7-14,16-17H2,1-3H3,(H,30,31,34). The van der Waals surface area contributed by atoms with Crippen LogP contribution in [0.15, 0.2) is 24.4 Å². The van der Waals surface area contributed by atoms with Gasteiger partial charge in [-0.05, 0) is 116 Å². The van der Waals surface area contributed by atoms with Crippen LogP contribution in [-0.4, -0.2) is 33.3 Å². The Morgan fingerprint density at radius 2 is 1.94 bits per heavy atom. The molecule has 5 nitrogen and oxygen atoms in total. The van der Waals surface area contributed by atoms with Crippen molar-refractivity contribution in [3.05, 3.63) is 24.4 Å². The van der Waals surface area contributed by atoms with Gasteiger partial charge in [-0.1, -0.05) is 26.8 Å². The number of carbonyl (C=O) groups excluding carboxylic acids is 1. The Kier molecular flexibility index (Phi) is 6.56. The molecule has 1 aromatic heterocycles. The van der Waals surface area contributed by atoms with Crippen LogP contribution >= 0.6 is 0 Å². The Labute approximate surface area is 205 Å². The van der Waals surface area contributed by atoms with Crippen molar-refractivity contribution in [2.75, 3.05) is 5.32 Å². The summed E-state index contributed by atoms with van der Waals surface area (Å²) in [6, 6.07) is 5.55. The van der Waals surface area contributed by atoms with Crippen LogP contribution in [0, 0.1) is 46.3 Å². The Bertz CT molecular complexity index is 877. The van der Waals surface area contributed by atoms with E-state index in [0.29, 0.717) is 47.7 Å². The number of rotatable bonds is 5. The summed E-state index contributed by atoms with van der Waals surface area (Å²) in [5.74, 6) is 4.01. The van der Waals surface area contributed by atoms with Gasteiger partial charge in [0, 0.05) is 12.6 Å². The second-order valence-corrected chi connectivity index (χ2v) is 12.7. The zero-order chi connectivity index (χ0) is 24.1. The summed E-state index contributed by atoms with van der Waals surface area (Å²) in [7, 11) is 0. The quantitative estimate of drug-likeness (QED) is 0.538. The Morgan fingerprint density at radius 1 is 1.12 bits per heavy atom. The summed E-state index contributed by atoms with van der Waals surface area (Å²) in [5, 5.41) is 24.9. The lowest BCUT2D eigenvalue weighted by atomic mass is 9.43. The molecule has 4 saturated carbocycles. The molecule has 1 amide bonds. The lowest BCUT2D eigenvalue weighted by molar-refractivity contribution is -0.174.